The fourth-order valence-corrected chi connectivity index (χ4v) is 1.14. The highest BCUT2D eigenvalue weighted by Gasteiger charge is 2.17. The molecule has 0 aliphatic carbocycles. The van der Waals surface area contributed by atoms with E-state index in [2.05, 4.69) is 4.98 Å². The number of aromatic nitrogens is 1. The molecule has 2 heterocycles. The van der Waals surface area contributed by atoms with Crippen LogP contribution in [0.15, 0.2) is 18.3 Å². The van der Waals surface area contributed by atoms with Crippen LogP contribution in [-0.4, -0.2) is 17.6 Å². The van der Waals surface area contributed by atoms with Gasteiger partial charge in [0, 0.05) is 12.6 Å². The molecule has 0 aromatic carbocycles. The van der Waals surface area contributed by atoms with Crippen molar-refractivity contribution in [2.24, 2.45) is 0 Å². The highest BCUT2D eigenvalue weighted by molar-refractivity contribution is 5.91. The van der Waals surface area contributed by atoms with Crippen molar-refractivity contribution in [2.45, 2.75) is 6.42 Å². The number of carbonyl (C=O) groups excluding carboxylic acids is 1. The molecule has 0 bridgehead atoms. The summed E-state index contributed by atoms with van der Waals surface area (Å²) in [5, 5.41) is 0. The maximum Gasteiger partial charge on any atom is 0.340 e. The topological polar surface area (TPSA) is 39.2 Å². The highest BCUT2D eigenvalue weighted by Crippen LogP contribution is 2.12. The molecule has 1 aromatic rings. The summed E-state index contributed by atoms with van der Waals surface area (Å²) in [7, 11) is 0. The van der Waals surface area contributed by atoms with Crippen molar-refractivity contribution in [3.63, 3.8) is 0 Å². The molecule has 0 unspecified atom stereocenters. The highest BCUT2D eigenvalue weighted by atomic mass is 16.5. The van der Waals surface area contributed by atoms with Crippen molar-refractivity contribution < 1.29 is 9.53 Å². The van der Waals surface area contributed by atoms with Crippen LogP contribution in [0.3, 0.4) is 0 Å². The number of nitrogens with zero attached hydrogens (tertiary/aromatic N) is 1. The first-order chi connectivity index (χ1) is 5.38. The van der Waals surface area contributed by atoms with E-state index < -0.39 is 0 Å². The predicted molar refractivity (Wildman–Crippen MR) is 38.2 cm³/mol. The number of esters is 1. The lowest BCUT2D eigenvalue weighted by molar-refractivity contribution is 0.0477. The van der Waals surface area contributed by atoms with E-state index in [9.17, 15) is 4.79 Å². The van der Waals surface area contributed by atoms with Crippen molar-refractivity contribution in [2.75, 3.05) is 6.61 Å². The molecule has 11 heavy (non-hydrogen) atoms. The van der Waals surface area contributed by atoms with Gasteiger partial charge in [-0.1, -0.05) is 0 Å². The lowest BCUT2D eigenvalue weighted by Gasteiger charge is -2.13. The summed E-state index contributed by atoms with van der Waals surface area (Å²) in [4.78, 5) is 15.1. The van der Waals surface area contributed by atoms with Crippen LogP contribution in [0.25, 0.3) is 0 Å². The molecule has 0 saturated carbocycles. The van der Waals surface area contributed by atoms with E-state index >= 15 is 0 Å². The van der Waals surface area contributed by atoms with E-state index in [0.717, 1.165) is 12.1 Å². The third-order valence-corrected chi connectivity index (χ3v) is 1.68. The minimum atomic E-state index is -0.251. The second-order valence-corrected chi connectivity index (χ2v) is 2.38. The van der Waals surface area contributed by atoms with Gasteiger partial charge >= 0.3 is 5.97 Å². The summed E-state index contributed by atoms with van der Waals surface area (Å²) in [6.07, 6.45) is 2.43. The summed E-state index contributed by atoms with van der Waals surface area (Å²) in [5.41, 5.74) is 1.46. The van der Waals surface area contributed by atoms with Gasteiger partial charge in [0.15, 0.2) is 0 Å². The first-order valence-corrected chi connectivity index (χ1v) is 3.49. The van der Waals surface area contributed by atoms with Crippen molar-refractivity contribution in [1.82, 2.24) is 4.98 Å². The third-order valence-electron chi connectivity index (χ3n) is 1.68. The van der Waals surface area contributed by atoms with Gasteiger partial charge in [-0.15, -0.1) is 0 Å². The van der Waals surface area contributed by atoms with Gasteiger partial charge in [0.25, 0.3) is 0 Å². The number of pyridine rings is 1. The average molecular weight is 149 g/mol. The molecule has 3 heteroatoms. The van der Waals surface area contributed by atoms with Crippen LogP contribution in [0, 0.1) is 0 Å². The summed E-state index contributed by atoms with van der Waals surface area (Å²) in [5.74, 6) is -0.251. The minimum absolute atomic E-state index is 0.251. The van der Waals surface area contributed by atoms with Crippen molar-refractivity contribution >= 4 is 5.97 Å². The van der Waals surface area contributed by atoms with Gasteiger partial charge in [-0.2, -0.15) is 0 Å². The Morgan fingerprint density at radius 2 is 2.45 bits per heavy atom. The smallest absolute Gasteiger partial charge is 0.340 e. The Kier molecular flexibility index (Phi) is 1.35. The average Bonchev–Trinajstić information content (AvgIpc) is 2.06. The lowest BCUT2D eigenvalue weighted by Crippen LogP contribution is -2.18. The molecule has 1 aliphatic rings. The summed E-state index contributed by atoms with van der Waals surface area (Å²) >= 11 is 0. The van der Waals surface area contributed by atoms with Crippen LogP contribution in [-0.2, 0) is 11.2 Å². The Balaban J connectivity index is 2.52. The van der Waals surface area contributed by atoms with Crippen LogP contribution in [0.4, 0.5) is 0 Å². The zero-order valence-corrected chi connectivity index (χ0v) is 5.91. The fourth-order valence-electron chi connectivity index (χ4n) is 1.14. The fraction of sp³-hybridized carbons (Fsp3) is 0.250. The van der Waals surface area contributed by atoms with Gasteiger partial charge in [0.2, 0.25) is 0 Å². The molecule has 1 aliphatic heterocycles. The van der Waals surface area contributed by atoms with E-state index in [0.29, 0.717) is 12.2 Å². The zero-order valence-electron chi connectivity index (χ0n) is 5.91. The normalized spacial score (nSPS) is 15.5. The van der Waals surface area contributed by atoms with Gasteiger partial charge in [-0.3, -0.25) is 4.98 Å². The van der Waals surface area contributed by atoms with Crippen LogP contribution in [0.2, 0.25) is 0 Å². The summed E-state index contributed by atoms with van der Waals surface area (Å²) < 4.78 is 4.83. The monoisotopic (exact) mass is 149 g/mol. The number of hydrogen-bond donors (Lipinski definition) is 0. The molecule has 3 nitrogen and oxygen atoms in total. The van der Waals surface area contributed by atoms with Gasteiger partial charge in [-0.25, -0.2) is 4.79 Å². The third kappa shape index (κ3) is 0.981. The number of hydrogen-bond acceptors (Lipinski definition) is 3. The maximum absolute atomic E-state index is 11.0. The second-order valence-electron chi connectivity index (χ2n) is 2.38. The number of carbonyl (C=O) groups is 1. The SMILES string of the molecule is O=C1OCCc2ncccc21. The Bertz CT molecular complexity index is 296. The number of ether oxygens (including phenoxy) is 1. The van der Waals surface area contributed by atoms with Gasteiger partial charge < -0.3 is 4.74 Å². The Morgan fingerprint density at radius 3 is 3.27 bits per heavy atom. The molecule has 1 aromatic heterocycles. The van der Waals surface area contributed by atoms with Gasteiger partial charge in [-0.05, 0) is 12.1 Å². The first-order valence-electron chi connectivity index (χ1n) is 3.49. The summed E-state index contributed by atoms with van der Waals surface area (Å²) in [6.45, 7) is 0.461. The van der Waals surface area contributed by atoms with Gasteiger partial charge in [0.1, 0.15) is 0 Å². The van der Waals surface area contributed by atoms with Crippen LogP contribution >= 0.6 is 0 Å². The standard InChI is InChI=1S/C8H7NO2/c10-8-6-2-1-4-9-7(6)3-5-11-8/h1-2,4H,3,5H2. The summed E-state index contributed by atoms with van der Waals surface area (Å²) in [6, 6.07) is 3.48. The van der Waals surface area contributed by atoms with E-state index in [-0.39, 0.29) is 5.97 Å². The van der Waals surface area contributed by atoms with Crippen LogP contribution < -0.4 is 0 Å². The van der Waals surface area contributed by atoms with E-state index in [1.165, 1.54) is 0 Å². The second kappa shape index (κ2) is 2.34. The maximum atomic E-state index is 11.0. The van der Waals surface area contributed by atoms with Gasteiger partial charge in [0.05, 0.1) is 17.9 Å². The minimum Gasteiger partial charge on any atom is -0.462 e. The Labute approximate surface area is 64.0 Å². The first kappa shape index (κ1) is 6.34. The molecular weight excluding hydrogens is 142 g/mol. The Morgan fingerprint density at radius 1 is 1.55 bits per heavy atom. The van der Waals surface area contributed by atoms with Crippen LogP contribution in [0.5, 0.6) is 0 Å². The molecule has 0 atom stereocenters. The zero-order chi connectivity index (χ0) is 7.68. The quantitative estimate of drug-likeness (QED) is 0.512. The number of fused-ring (bicyclic) bond motifs is 1. The van der Waals surface area contributed by atoms with E-state index in [1.807, 2.05) is 0 Å². The van der Waals surface area contributed by atoms with Crippen molar-refractivity contribution in [3.05, 3.63) is 29.6 Å². The van der Waals surface area contributed by atoms with Crippen molar-refractivity contribution in [3.8, 4) is 0 Å². The van der Waals surface area contributed by atoms with E-state index in [4.69, 9.17) is 4.74 Å². The van der Waals surface area contributed by atoms with Crippen molar-refractivity contribution in [1.29, 1.82) is 0 Å². The molecule has 2 rings (SSSR count). The van der Waals surface area contributed by atoms with E-state index in [1.54, 1.807) is 18.3 Å². The van der Waals surface area contributed by atoms with Crippen LogP contribution in [0.1, 0.15) is 16.1 Å². The largest absolute Gasteiger partial charge is 0.462 e. The molecule has 0 saturated heterocycles. The molecule has 0 fully saturated rings. The lowest BCUT2D eigenvalue weighted by atomic mass is 10.1. The Hall–Kier alpha value is -1.38. The molecular formula is C8H7NO2. The molecule has 0 N–H and O–H groups in total. The molecule has 56 valence electrons. The number of rotatable bonds is 0. The number of cyclic esters (lactones) is 1. The predicted octanol–water partition coefficient (Wildman–Crippen LogP) is 0.794. The molecule has 0 amide bonds. The molecule has 0 spiro atoms. The molecule has 0 radical (unpaired) electrons.